The highest BCUT2D eigenvalue weighted by Crippen LogP contribution is 2.18. The summed E-state index contributed by atoms with van der Waals surface area (Å²) >= 11 is 0. The number of imidazole rings is 1. The average Bonchev–Trinajstić information content (AvgIpc) is 3.37. The van der Waals surface area contributed by atoms with Crippen LogP contribution in [0.2, 0.25) is 0 Å². The lowest BCUT2D eigenvalue weighted by Crippen LogP contribution is -2.51. The number of rotatable bonds is 4. The molecule has 1 N–H and O–H groups in total. The second-order valence-corrected chi connectivity index (χ2v) is 7.80. The van der Waals surface area contributed by atoms with E-state index in [4.69, 9.17) is 4.42 Å². The Morgan fingerprint density at radius 1 is 1.00 bits per heavy atom. The number of furan rings is 1. The number of carbonyl (C=O) groups is 3. The maximum atomic E-state index is 12.7. The van der Waals surface area contributed by atoms with Gasteiger partial charge in [0.15, 0.2) is 5.82 Å². The van der Waals surface area contributed by atoms with E-state index < -0.39 is 0 Å². The van der Waals surface area contributed by atoms with Gasteiger partial charge in [0.05, 0.1) is 5.56 Å². The van der Waals surface area contributed by atoms with Gasteiger partial charge in [-0.3, -0.25) is 9.59 Å². The average molecular weight is 435 g/mol. The van der Waals surface area contributed by atoms with Crippen molar-refractivity contribution in [3.05, 3.63) is 71.2 Å². The Balaban J connectivity index is 1.32. The van der Waals surface area contributed by atoms with Crippen molar-refractivity contribution in [2.75, 3.05) is 31.5 Å². The first-order valence-corrected chi connectivity index (χ1v) is 10.4. The standard InChI is InChI=1S/C23H25N5O4/c1-15-14-19(16(2)32-15)22(30)27-10-12-28(13-11-27)23(31)25-18-6-4-17(5-7-18)20(29)21-24-8-9-26(21)3/h4-9,14H,10-13H2,1-3H3,(H,25,31). The number of ketones is 1. The molecule has 3 heterocycles. The minimum absolute atomic E-state index is 0.0765. The van der Waals surface area contributed by atoms with E-state index in [9.17, 15) is 14.4 Å². The van der Waals surface area contributed by atoms with Crippen molar-refractivity contribution in [2.24, 2.45) is 7.05 Å². The fourth-order valence-corrected chi connectivity index (χ4v) is 3.75. The van der Waals surface area contributed by atoms with Gasteiger partial charge in [0.25, 0.3) is 5.91 Å². The number of aromatic nitrogens is 2. The van der Waals surface area contributed by atoms with Gasteiger partial charge < -0.3 is 24.1 Å². The first-order chi connectivity index (χ1) is 15.3. The molecule has 1 fully saturated rings. The van der Waals surface area contributed by atoms with Crippen molar-refractivity contribution in [1.29, 1.82) is 0 Å². The Morgan fingerprint density at radius 2 is 1.66 bits per heavy atom. The Hall–Kier alpha value is -3.88. The number of nitrogens with one attached hydrogen (secondary N) is 1. The van der Waals surface area contributed by atoms with Gasteiger partial charge in [0.2, 0.25) is 5.78 Å². The molecule has 9 nitrogen and oxygen atoms in total. The number of urea groups is 1. The molecule has 0 saturated carbocycles. The van der Waals surface area contributed by atoms with Crippen LogP contribution >= 0.6 is 0 Å². The van der Waals surface area contributed by atoms with E-state index in [1.807, 2.05) is 6.92 Å². The van der Waals surface area contributed by atoms with Crippen molar-refractivity contribution in [1.82, 2.24) is 19.4 Å². The molecule has 0 atom stereocenters. The van der Waals surface area contributed by atoms with Crippen LogP contribution in [0.25, 0.3) is 0 Å². The summed E-state index contributed by atoms with van der Waals surface area (Å²) in [5.41, 5.74) is 1.66. The molecule has 0 unspecified atom stereocenters. The Morgan fingerprint density at radius 3 is 2.22 bits per heavy atom. The zero-order chi connectivity index (χ0) is 22.8. The fourth-order valence-electron chi connectivity index (χ4n) is 3.75. The third-order valence-electron chi connectivity index (χ3n) is 5.55. The number of hydrogen-bond donors (Lipinski definition) is 1. The SMILES string of the molecule is Cc1cc(C(=O)N2CCN(C(=O)Nc3ccc(C(=O)c4nccn4C)cc3)CC2)c(C)o1. The minimum atomic E-state index is -0.240. The molecule has 1 aromatic carbocycles. The third-order valence-corrected chi connectivity index (χ3v) is 5.55. The van der Waals surface area contributed by atoms with Crippen molar-refractivity contribution in [2.45, 2.75) is 13.8 Å². The summed E-state index contributed by atoms with van der Waals surface area (Å²) in [5, 5.41) is 2.85. The zero-order valence-corrected chi connectivity index (χ0v) is 18.3. The van der Waals surface area contributed by atoms with Crippen molar-refractivity contribution < 1.29 is 18.8 Å². The fraction of sp³-hybridized carbons (Fsp3) is 0.304. The minimum Gasteiger partial charge on any atom is -0.466 e. The quantitative estimate of drug-likeness (QED) is 0.635. The van der Waals surface area contributed by atoms with E-state index in [-0.39, 0.29) is 17.7 Å². The number of hydrogen-bond acceptors (Lipinski definition) is 5. The van der Waals surface area contributed by atoms with Crippen LogP contribution in [0.15, 0.2) is 47.1 Å². The smallest absolute Gasteiger partial charge is 0.321 e. The first kappa shape index (κ1) is 21.4. The van der Waals surface area contributed by atoms with Gasteiger partial charge in [-0.15, -0.1) is 0 Å². The summed E-state index contributed by atoms with van der Waals surface area (Å²) in [4.78, 5) is 45.3. The monoisotopic (exact) mass is 435 g/mol. The molecule has 3 amide bonds. The Kier molecular flexibility index (Phi) is 5.81. The summed E-state index contributed by atoms with van der Waals surface area (Å²) in [5.74, 6) is 1.41. The summed E-state index contributed by atoms with van der Waals surface area (Å²) < 4.78 is 7.12. The molecule has 166 valence electrons. The van der Waals surface area contributed by atoms with Crippen molar-refractivity contribution in [3.8, 4) is 0 Å². The van der Waals surface area contributed by atoms with Crippen LogP contribution in [0, 0.1) is 13.8 Å². The van der Waals surface area contributed by atoms with E-state index in [2.05, 4.69) is 10.3 Å². The second kappa shape index (κ2) is 8.70. The Bertz CT molecular complexity index is 1150. The number of piperazine rings is 1. The largest absolute Gasteiger partial charge is 0.466 e. The van der Waals surface area contributed by atoms with E-state index in [0.29, 0.717) is 60.3 Å². The van der Waals surface area contributed by atoms with Crippen LogP contribution in [0.1, 0.15) is 38.1 Å². The summed E-state index contributed by atoms with van der Waals surface area (Å²) in [6.07, 6.45) is 3.29. The molecule has 0 radical (unpaired) electrons. The maximum Gasteiger partial charge on any atom is 0.321 e. The first-order valence-electron chi connectivity index (χ1n) is 10.4. The van der Waals surface area contributed by atoms with Gasteiger partial charge in [-0.2, -0.15) is 0 Å². The molecule has 0 spiro atoms. The summed E-state index contributed by atoms with van der Waals surface area (Å²) in [7, 11) is 1.76. The lowest BCUT2D eigenvalue weighted by molar-refractivity contribution is 0.0670. The third kappa shape index (κ3) is 4.27. The van der Waals surface area contributed by atoms with Gasteiger partial charge in [-0.05, 0) is 44.2 Å². The van der Waals surface area contributed by atoms with Crippen LogP contribution < -0.4 is 5.32 Å². The molecule has 4 rings (SSSR count). The van der Waals surface area contributed by atoms with Crippen LogP contribution in [0.5, 0.6) is 0 Å². The molecule has 9 heteroatoms. The lowest BCUT2D eigenvalue weighted by Gasteiger charge is -2.34. The predicted molar refractivity (Wildman–Crippen MR) is 118 cm³/mol. The molecule has 0 aliphatic carbocycles. The van der Waals surface area contributed by atoms with Gasteiger partial charge >= 0.3 is 6.03 Å². The van der Waals surface area contributed by atoms with Gasteiger partial charge in [0, 0.05) is 56.9 Å². The molecule has 2 aromatic heterocycles. The van der Waals surface area contributed by atoms with Crippen LogP contribution in [-0.2, 0) is 7.05 Å². The molecule has 1 aliphatic rings. The molecule has 1 saturated heterocycles. The van der Waals surface area contributed by atoms with Gasteiger partial charge in [-0.25, -0.2) is 9.78 Å². The molecular formula is C23H25N5O4. The lowest BCUT2D eigenvalue weighted by atomic mass is 10.1. The summed E-state index contributed by atoms with van der Waals surface area (Å²) in [6, 6.07) is 8.22. The topological polar surface area (TPSA) is 101 Å². The van der Waals surface area contributed by atoms with Gasteiger partial charge in [-0.1, -0.05) is 0 Å². The number of amides is 3. The van der Waals surface area contributed by atoms with E-state index in [1.165, 1.54) is 0 Å². The Labute approximate surface area is 185 Å². The highest BCUT2D eigenvalue weighted by molar-refractivity contribution is 6.07. The number of aryl methyl sites for hydroxylation is 3. The maximum absolute atomic E-state index is 12.7. The van der Waals surface area contributed by atoms with E-state index in [1.54, 1.807) is 71.1 Å². The van der Waals surface area contributed by atoms with E-state index >= 15 is 0 Å². The normalized spacial score (nSPS) is 13.8. The molecular weight excluding hydrogens is 410 g/mol. The zero-order valence-electron chi connectivity index (χ0n) is 18.3. The van der Waals surface area contributed by atoms with Gasteiger partial charge in [0.1, 0.15) is 11.5 Å². The highest BCUT2D eigenvalue weighted by atomic mass is 16.3. The molecule has 1 aliphatic heterocycles. The molecule has 32 heavy (non-hydrogen) atoms. The van der Waals surface area contributed by atoms with Crippen molar-refractivity contribution in [3.63, 3.8) is 0 Å². The molecule has 3 aromatic rings. The van der Waals surface area contributed by atoms with Crippen molar-refractivity contribution >= 4 is 23.4 Å². The number of carbonyl (C=O) groups excluding carboxylic acids is 3. The van der Waals surface area contributed by atoms with Crippen LogP contribution in [-0.4, -0.2) is 63.3 Å². The number of anilines is 1. The number of benzene rings is 1. The highest BCUT2D eigenvalue weighted by Gasteiger charge is 2.27. The summed E-state index contributed by atoms with van der Waals surface area (Å²) in [6.45, 7) is 5.36. The molecule has 0 bridgehead atoms. The van der Waals surface area contributed by atoms with E-state index in [0.717, 1.165) is 0 Å². The predicted octanol–water partition coefficient (Wildman–Crippen LogP) is 2.85. The van der Waals surface area contributed by atoms with Crippen LogP contribution in [0.4, 0.5) is 10.5 Å². The second-order valence-electron chi connectivity index (χ2n) is 7.80. The number of nitrogens with zero attached hydrogens (tertiary/aromatic N) is 4. The van der Waals surface area contributed by atoms with Crippen LogP contribution in [0.3, 0.4) is 0 Å².